The Hall–Kier alpha value is -1.30. The topological polar surface area (TPSA) is 128 Å². The Morgan fingerprint density at radius 1 is 1.55 bits per heavy atom. The number of guanidine groups is 1. The summed E-state index contributed by atoms with van der Waals surface area (Å²) in [6.45, 7) is 1.53. The van der Waals surface area contributed by atoms with Gasteiger partial charge in [0.1, 0.15) is 6.04 Å². The molecule has 0 heterocycles. The molecule has 2 atom stereocenters. The quantitative estimate of drug-likeness (QED) is 0.282. The van der Waals surface area contributed by atoms with Gasteiger partial charge in [0.2, 0.25) is 0 Å². The second kappa shape index (κ2) is 3.77. The number of carboxylic acids is 1. The lowest BCUT2D eigenvalue weighted by Gasteiger charge is -2.10. The molecule has 0 rings (SSSR count). The first-order chi connectivity index (χ1) is 4.95. The third kappa shape index (κ3) is 3.41. The van der Waals surface area contributed by atoms with Gasteiger partial charge in [-0.15, -0.1) is 0 Å². The van der Waals surface area contributed by atoms with Gasteiger partial charge in [-0.2, -0.15) is 0 Å². The van der Waals surface area contributed by atoms with E-state index < -0.39 is 18.1 Å². The molecule has 7 N–H and O–H groups in total. The maximum absolute atomic E-state index is 10.2. The van der Waals surface area contributed by atoms with Crippen LogP contribution in [0.5, 0.6) is 0 Å². The van der Waals surface area contributed by atoms with Crippen LogP contribution in [0.1, 0.15) is 6.92 Å². The van der Waals surface area contributed by atoms with E-state index in [0.717, 1.165) is 0 Å². The van der Waals surface area contributed by atoms with E-state index in [2.05, 4.69) is 4.99 Å². The van der Waals surface area contributed by atoms with Crippen molar-refractivity contribution in [1.29, 1.82) is 0 Å². The summed E-state index contributed by atoms with van der Waals surface area (Å²) < 4.78 is 0. The van der Waals surface area contributed by atoms with Crippen molar-refractivity contribution in [2.75, 3.05) is 0 Å². The van der Waals surface area contributed by atoms with Crippen molar-refractivity contribution in [3.8, 4) is 0 Å². The summed E-state index contributed by atoms with van der Waals surface area (Å²) in [6, 6.07) is -1.66. The Labute approximate surface area is 64.1 Å². The van der Waals surface area contributed by atoms with Crippen molar-refractivity contribution in [2.45, 2.75) is 19.0 Å². The van der Waals surface area contributed by atoms with E-state index in [9.17, 15) is 4.79 Å². The van der Waals surface area contributed by atoms with Crippen LogP contribution in [0.25, 0.3) is 0 Å². The molecule has 0 aliphatic carbocycles. The molecular weight excluding hydrogens is 148 g/mol. The summed E-state index contributed by atoms with van der Waals surface area (Å²) in [5.41, 5.74) is 15.2. The molecule has 0 saturated heterocycles. The van der Waals surface area contributed by atoms with E-state index in [1.54, 1.807) is 0 Å². The standard InChI is InChI=1S/C5H12N4O2/c1-2(9-5(7)8)3(6)4(10)11/h2-3H,6H2,1H3,(H,10,11)(H4,7,8,9)/t2-,3-/m0/s1. The van der Waals surface area contributed by atoms with E-state index >= 15 is 0 Å². The smallest absolute Gasteiger partial charge is 0.322 e. The molecule has 0 spiro atoms. The zero-order chi connectivity index (χ0) is 9.02. The van der Waals surface area contributed by atoms with Crippen LogP contribution in [0.2, 0.25) is 0 Å². The summed E-state index contributed by atoms with van der Waals surface area (Å²) in [5, 5.41) is 8.39. The maximum atomic E-state index is 10.2. The maximum Gasteiger partial charge on any atom is 0.322 e. The summed E-state index contributed by atoms with van der Waals surface area (Å²) in [5.74, 6) is -1.28. The summed E-state index contributed by atoms with van der Waals surface area (Å²) in [6.07, 6.45) is 0. The van der Waals surface area contributed by atoms with E-state index in [0.29, 0.717) is 0 Å². The molecule has 0 aliphatic heterocycles. The molecule has 11 heavy (non-hydrogen) atoms. The highest BCUT2D eigenvalue weighted by atomic mass is 16.4. The number of rotatable bonds is 3. The molecule has 0 fully saturated rings. The Kier molecular flexibility index (Phi) is 3.32. The third-order valence-electron chi connectivity index (χ3n) is 1.16. The van der Waals surface area contributed by atoms with Crippen molar-refractivity contribution in [3.63, 3.8) is 0 Å². The molecule has 0 aliphatic rings. The number of aliphatic imine (C=N–C) groups is 1. The van der Waals surface area contributed by atoms with Gasteiger partial charge in [-0.25, -0.2) is 4.99 Å². The van der Waals surface area contributed by atoms with Gasteiger partial charge in [-0.3, -0.25) is 4.79 Å². The van der Waals surface area contributed by atoms with Crippen molar-refractivity contribution < 1.29 is 9.90 Å². The molecule has 0 radical (unpaired) electrons. The number of nitrogens with two attached hydrogens (primary N) is 3. The number of carboxylic acid groups (broad SMARTS) is 1. The molecular formula is C5H12N4O2. The molecule has 0 aromatic carbocycles. The van der Waals surface area contributed by atoms with E-state index in [-0.39, 0.29) is 5.96 Å². The Bertz CT molecular complexity index is 175. The van der Waals surface area contributed by atoms with Crippen LogP contribution in [-0.4, -0.2) is 29.1 Å². The summed E-state index contributed by atoms with van der Waals surface area (Å²) >= 11 is 0. The van der Waals surface area contributed by atoms with Gasteiger partial charge >= 0.3 is 5.97 Å². The minimum absolute atomic E-state index is 0.158. The van der Waals surface area contributed by atoms with Crippen LogP contribution in [0.15, 0.2) is 4.99 Å². The molecule has 0 unspecified atom stereocenters. The Morgan fingerprint density at radius 2 is 2.00 bits per heavy atom. The van der Waals surface area contributed by atoms with E-state index in [1.807, 2.05) is 0 Å². The fourth-order valence-corrected chi connectivity index (χ4v) is 0.522. The highest BCUT2D eigenvalue weighted by Crippen LogP contribution is 1.94. The van der Waals surface area contributed by atoms with Gasteiger partial charge in [-0.05, 0) is 6.92 Å². The lowest BCUT2D eigenvalue weighted by atomic mass is 10.2. The first kappa shape index (κ1) is 9.70. The van der Waals surface area contributed by atoms with Gasteiger partial charge in [0.15, 0.2) is 5.96 Å². The summed E-state index contributed by atoms with van der Waals surface area (Å²) in [4.78, 5) is 13.8. The van der Waals surface area contributed by atoms with E-state index in [4.69, 9.17) is 22.3 Å². The predicted octanol–water partition coefficient (Wildman–Crippen LogP) is -1.94. The second-order valence-electron chi connectivity index (χ2n) is 2.16. The zero-order valence-electron chi connectivity index (χ0n) is 6.19. The van der Waals surface area contributed by atoms with Gasteiger partial charge in [0.25, 0.3) is 0 Å². The number of aliphatic carboxylic acids is 1. The highest BCUT2D eigenvalue weighted by Gasteiger charge is 2.18. The van der Waals surface area contributed by atoms with Crippen LogP contribution in [0, 0.1) is 0 Å². The predicted molar refractivity (Wildman–Crippen MR) is 40.9 cm³/mol. The first-order valence-electron chi connectivity index (χ1n) is 3.02. The first-order valence-corrected chi connectivity index (χ1v) is 3.02. The largest absolute Gasteiger partial charge is 0.480 e. The van der Waals surface area contributed by atoms with Gasteiger partial charge in [0.05, 0.1) is 6.04 Å². The Balaban J connectivity index is 4.14. The third-order valence-corrected chi connectivity index (χ3v) is 1.16. The van der Waals surface area contributed by atoms with Crippen LogP contribution in [-0.2, 0) is 4.79 Å². The molecule has 6 heteroatoms. The lowest BCUT2D eigenvalue weighted by Crippen LogP contribution is -2.41. The van der Waals surface area contributed by atoms with E-state index in [1.165, 1.54) is 6.92 Å². The fourth-order valence-electron chi connectivity index (χ4n) is 0.522. The van der Waals surface area contributed by atoms with Crippen LogP contribution >= 0.6 is 0 Å². The van der Waals surface area contributed by atoms with Gasteiger partial charge < -0.3 is 22.3 Å². The minimum atomic E-state index is -1.12. The monoisotopic (exact) mass is 160 g/mol. The van der Waals surface area contributed by atoms with Crippen molar-refractivity contribution >= 4 is 11.9 Å². The molecule has 0 amide bonds. The second-order valence-corrected chi connectivity index (χ2v) is 2.16. The normalized spacial score (nSPS) is 15.1. The fraction of sp³-hybridized carbons (Fsp3) is 0.600. The number of hydrogen-bond acceptors (Lipinski definition) is 3. The molecule has 0 aromatic heterocycles. The lowest BCUT2D eigenvalue weighted by molar-refractivity contribution is -0.138. The molecule has 0 saturated carbocycles. The number of nitrogens with zero attached hydrogens (tertiary/aromatic N) is 1. The van der Waals surface area contributed by atoms with Crippen LogP contribution in [0.4, 0.5) is 0 Å². The molecule has 0 bridgehead atoms. The highest BCUT2D eigenvalue weighted by molar-refractivity contribution is 5.78. The van der Waals surface area contributed by atoms with Crippen molar-refractivity contribution in [2.24, 2.45) is 22.2 Å². The molecule has 64 valence electrons. The average Bonchev–Trinajstić information content (AvgIpc) is 1.84. The number of carbonyl (C=O) groups is 1. The van der Waals surface area contributed by atoms with Crippen molar-refractivity contribution in [1.82, 2.24) is 0 Å². The van der Waals surface area contributed by atoms with Crippen LogP contribution in [0.3, 0.4) is 0 Å². The Morgan fingerprint density at radius 3 is 2.27 bits per heavy atom. The van der Waals surface area contributed by atoms with Crippen molar-refractivity contribution in [3.05, 3.63) is 0 Å². The average molecular weight is 160 g/mol. The molecule has 0 aromatic rings. The minimum Gasteiger partial charge on any atom is -0.480 e. The molecule has 6 nitrogen and oxygen atoms in total. The summed E-state index contributed by atoms with van der Waals surface area (Å²) in [7, 11) is 0. The number of hydrogen-bond donors (Lipinski definition) is 4. The van der Waals surface area contributed by atoms with Gasteiger partial charge in [-0.1, -0.05) is 0 Å². The van der Waals surface area contributed by atoms with Crippen LogP contribution < -0.4 is 17.2 Å². The van der Waals surface area contributed by atoms with Gasteiger partial charge in [0, 0.05) is 0 Å². The zero-order valence-corrected chi connectivity index (χ0v) is 6.19. The SMILES string of the molecule is C[C@H](N=C(N)N)[C@H](N)C(=O)O.